The smallest absolute Gasteiger partial charge is 0.311 e. The van der Waals surface area contributed by atoms with Crippen molar-refractivity contribution in [1.29, 1.82) is 0 Å². The van der Waals surface area contributed by atoms with Gasteiger partial charge >= 0.3 is 5.97 Å². The molecule has 1 rings (SSSR count). The molecular weight excluding hydrogens is 168 g/mol. The molecule has 13 heavy (non-hydrogen) atoms. The molecule has 76 valence electrons. The first-order valence-electron chi connectivity index (χ1n) is 4.79. The van der Waals surface area contributed by atoms with Gasteiger partial charge in [-0.15, -0.1) is 0 Å². The summed E-state index contributed by atoms with van der Waals surface area (Å²) in [5.74, 6) is -0.201. The molecule has 0 aromatic carbocycles. The van der Waals surface area contributed by atoms with Crippen LogP contribution in [0.3, 0.4) is 0 Å². The number of methoxy groups -OCH3 is 1. The Kier molecular flexibility index (Phi) is 2.96. The fourth-order valence-electron chi connectivity index (χ4n) is 2.10. The third kappa shape index (κ3) is 1.70. The Bertz CT molecular complexity index is 202. The van der Waals surface area contributed by atoms with Gasteiger partial charge in [0.05, 0.1) is 18.6 Å². The molecule has 0 amide bonds. The van der Waals surface area contributed by atoms with Gasteiger partial charge in [-0.2, -0.15) is 0 Å². The molecule has 0 aliphatic heterocycles. The van der Waals surface area contributed by atoms with E-state index in [-0.39, 0.29) is 18.0 Å². The van der Waals surface area contributed by atoms with Gasteiger partial charge in [0.25, 0.3) is 0 Å². The van der Waals surface area contributed by atoms with E-state index in [0.29, 0.717) is 0 Å². The minimum absolute atomic E-state index is 0.00583. The molecule has 0 radical (unpaired) electrons. The largest absolute Gasteiger partial charge is 0.469 e. The zero-order valence-corrected chi connectivity index (χ0v) is 8.54. The molecule has 3 heteroatoms. The minimum atomic E-state index is -0.494. The van der Waals surface area contributed by atoms with Gasteiger partial charge in [-0.25, -0.2) is 0 Å². The molecule has 1 N–H and O–H groups in total. The van der Waals surface area contributed by atoms with E-state index in [2.05, 4.69) is 0 Å². The zero-order chi connectivity index (χ0) is 10.1. The molecule has 3 atom stereocenters. The molecule has 1 saturated carbocycles. The van der Waals surface area contributed by atoms with Crippen molar-refractivity contribution in [2.45, 2.75) is 39.2 Å². The molecule has 0 heterocycles. The highest BCUT2D eigenvalue weighted by atomic mass is 16.5. The molecule has 1 fully saturated rings. The molecule has 1 aliphatic rings. The van der Waals surface area contributed by atoms with E-state index in [1.165, 1.54) is 7.11 Å². The van der Waals surface area contributed by atoms with Crippen molar-refractivity contribution in [2.75, 3.05) is 7.11 Å². The summed E-state index contributed by atoms with van der Waals surface area (Å²) in [6.07, 6.45) is 2.15. The molecule has 3 unspecified atom stereocenters. The molecule has 1 aliphatic carbocycles. The second kappa shape index (κ2) is 3.66. The molecule has 0 aromatic rings. The minimum Gasteiger partial charge on any atom is -0.469 e. The number of carbonyl (C=O) groups excluding carboxylic acids is 1. The lowest BCUT2D eigenvalue weighted by Gasteiger charge is -2.39. The van der Waals surface area contributed by atoms with Crippen LogP contribution in [0.25, 0.3) is 0 Å². The van der Waals surface area contributed by atoms with Gasteiger partial charge in [0.1, 0.15) is 0 Å². The Labute approximate surface area is 79.1 Å². The van der Waals surface area contributed by atoms with Gasteiger partial charge in [0, 0.05) is 0 Å². The van der Waals surface area contributed by atoms with Crippen molar-refractivity contribution in [2.24, 2.45) is 11.3 Å². The van der Waals surface area contributed by atoms with Crippen LogP contribution in [0.4, 0.5) is 0 Å². The van der Waals surface area contributed by atoms with Crippen molar-refractivity contribution in [1.82, 2.24) is 0 Å². The van der Waals surface area contributed by atoms with Crippen LogP contribution in [0.15, 0.2) is 0 Å². The van der Waals surface area contributed by atoms with Gasteiger partial charge in [-0.05, 0) is 32.1 Å². The third-order valence-electron chi connectivity index (χ3n) is 3.43. The number of aliphatic hydroxyl groups excluding tert-OH is 1. The van der Waals surface area contributed by atoms with Crippen LogP contribution in [-0.2, 0) is 9.53 Å². The summed E-state index contributed by atoms with van der Waals surface area (Å²) in [4.78, 5) is 11.5. The van der Waals surface area contributed by atoms with Gasteiger partial charge in [-0.3, -0.25) is 4.79 Å². The van der Waals surface area contributed by atoms with E-state index in [9.17, 15) is 9.90 Å². The summed E-state index contributed by atoms with van der Waals surface area (Å²) in [5, 5.41) is 9.65. The summed E-state index contributed by atoms with van der Waals surface area (Å²) >= 11 is 0. The predicted octanol–water partition coefficient (Wildman–Crippen LogP) is 1.35. The fourth-order valence-corrected chi connectivity index (χ4v) is 2.10. The van der Waals surface area contributed by atoms with Gasteiger partial charge in [-0.1, -0.05) is 6.92 Å². The maximum absolute atomic E-state index is 11.5. The monoisotopic (exact) mass is 186 g/mol. The second-order valence-corrected chi connectivity index (χ2v) is 4.16. The number of aliphatic hydroxyl groups is 1. The molecule has 3 nitrogen and oxygen atoms in total. The topological polar surface area (TPSA) is 46.5 Å². The van der Waals surface area contributed by atoms with E-state index >= 15 is 0 Å². The van der Waals surface area contributed by atoms with Crippen LogP contribution in [0.1, 0.15) is 33.1 Å². The number of rotatable bonds is 1. The molecular formula is C10H18O3. The Hall–Kier alpha value is -0.570. The van der Waals surface area contributed by atoms with Crippen molar-refractivity contribution < 1.29 is 14.6 Å². The van der Waals surface area contributed by atoms with Crippen LogP contribution >= 0.6 is 0 Å². The van der Waals surface area contributed by atoms with Gasteiger partial charge in [0.2, 0.25) is 0 Å². The summed E-state index contributed by atoms with van der Waals surface area (Å²) in [5.41, 5.74) is -0.494. The summed E-state index contributed by atoms with van der Waals surface area (Å²) in [6, 6.07) is 0. The van der Waals surface area contributed by atoms with E-state index in [1.807, 2.05) is 13.8 Å². The van der Waals surface area contributed by atoms with Crippen LogP contribution < -0.4 is 0 Å². The SMILES string of the molecule is COC(=O)C1(C)CCCC(O)C1C. The highest BCUT2D eigenvalue weighted by molar-refractivity contribution is 5.76. The number of esters is 1. The maximum atomic E-state index is 11.5. The average molecular weight is 186 g/mol. The van der Waals surface area contributed by atoms with Crippen LogP contribution in [0.2, 0.25) is 0 Å². The van der Waals surface area contributed by atoms with Crippen LogP contribution in [-0.4, -0.2) is 24.3 Å². The van der Waals surface area contributed by atoms with Crippen LogP contribution in [0, 0.1) is 11.3 Å². The van der Waals surface area contributed by atoms with E-state index in [1.54, 1.807) is 0 Å². The first-order chi connectivity index (χ1) is 6.02. The quantitative estimate of drug-likeness (QED) is 0.629. The lowest BCUT2D eigenvalue weighted by molar-refractivity contribution is -0.161. The highest BCUT2D eigenvalue weighted by Gasteiger charge is 2.45. The van der Waals surface area contributed by atoms with E-state index in [0.717, 1.165) is 19.3 Å². The summed E-state index contributed by atoms with van der Waals surface area (Å²) < 4.78 is 4.76. The standard InChI is InChI=1S/C10H18O3/c1-7-8(11)5-4-6-10(7,2)9(12)13-3/h7-8,11H,4-6H2,1-3H3. The third-order valence-corrected chi connectivity index (χ3v) is 3.43. The lowest BCUT2D eigenvalue weighted by Crippen LogP contribution is -2.44. The van der Waals surface area contributed by atoms with Crippen LogP contribution in [0.5, 0.6) is 0 Å². The number of carbonyl (C=O) groups is 1. The van der Waals surface area contributed by atoms with E-state index in [4.69, 9.17) is 4.74 Å². The first-order valence-corrected chi connectivity index (χ1v) is 4.79. The highest BCUT2D eigenvalue weighted by Crippen LogP contribution is 2.41. The van der Waals surface area contributed by atoms with Crippen molar-refractivity contribution in [3.05, 3.63) is 0 Å². The fraction of sp³-hybridized carbons (Fsp3) is 0.900. The Morgan fingerprint density at radius 2 is 2.23 bits per heavy atom. The number of ether oxygens (including phenoxy) is 1. The second-order valence-electron chi connectivity index (χ2n) is 4.16. The van der Waals surface area contributed by atoms with Crippen molar-refractivity contribution in [3.63, 3.8) is 0 Å². The van der Waals surface area contributed by atoms with E-state index < -0.39 is 5.41 Å². The average Bonchev–Trinajstić information content (AvgIpc) is 2.13. The summed E-state index contributed by atoms with van der Waals surface area (Å²) in [6.45, 7) is 3.80. The Balaban J connectivity index is 2.80. The van der Waals surface area contributed by atoms with Gasteiger partial charge in [0.15, 0.2) is 0 Å². The molecule has 0 bridgehead atoms. The normalized spacial score (nSPS) is 40.0. The predicted molar refractivity (Wildman–Crippen MR) is 49.1 cm³/mol. The first kappa shape index (κ1) is 10.5. The van der Waals surface area contributed by atoms with Crippen molar-refractivity contribution in [3.8, 4) is 0 Å². The number of hydrogen-bond donors (Lipinski definition) is 1. The molecule has 0 aromatic heterocycles. The molecule has 0 spiro atoms. The maximum Gasteiger partial charge on any atom is 0.311 e. The van der Waals surface area contributed by atoms with Gasteiger partial charge < -0.3 is 9.84 Å². The summed E-state index contributed by atoms with van der Waals surface area (Å²) in [7, 11) is 1.40. The molecule has 0 saturated heterocycles. The lowest BCUT2D eigenvalue weighted by atomic mass is 9.67. The number of hydrogen-bond acceptors (Lipinski definition) is 3. The Morgan fingerprint density at radius 1 is 1.62 bits per heavy atom. The Morgan fingerprint density at radius 3 is 2.77 bits per heavy atom. The zero-order valence-electron chi connectivity index (χ0n) is 8.54. The van der Waals surface area contributed by atoms with Crippen molar-refractivity contribution >= 4 is 5.97 Å².